The summed E-state index contributed by atoms with van der Waals surface area (Å²) in [5.41, 5.74) is 2.96. The maximum absolute atomic E-state index is 14.6. The molecule has 3 aliphatic carbocycles. The van der Waals surface area contributed by atoms with E-state index in [1.807, 2.05) is 0 Å². The Morgan fingerprint density at radius 3 is 2.34 bits per heavy atom. The predicted molar refractivity (Wildman–Crippen MR) is 174 cm³/mol. The topological polar surface area (TPSA) is 215 Å². The molecule has 258 valence electrons. The maximum atomic E-state index is 14.6. The number of ether oxygens (including phenoxy) is 4. The molecule has 2 aliphatic heterocycles. The molecule has 8 rings (SSSR count). The molecule has 0 unspecified atom stereocenters. The number of para-hydroxylation sites is 1. The van der Waals surface area contributed by atoms with Crippen LogP contribution in [0.1, 0.15) is 37.8 Å². The third-order valence-corrected chi connectivity index (χ3v) is 10.8. The minimum atomic E-state index is -3.00. The van der Waals surface area contributed by atoms with Crippen molar-refractivity contribution in [3.05, 3.63) is 70.5 Å². The zero-order valence-electron chi connectivity index (χ0n) is 27.1. The monoisotopic (exact) mass is 683 g/mol. The average Bonchev–Trinajstić information content (AvgIpc) is 3.76. The average molecular weight is 684 g/mol. The number of aromatic hydroxyl groups is 1. The van der Waals surface area contributed by atoms with Crippen molar-refractivity contribution in [3.8, 4) is 51.0 Å². The van der Waals surface area contributed by atoms with Gasteiger partial charge in [-0.2, -0.15) is 0 Å². The number of carbonyl (C=O) groups is 3. The molecule has 3 aromatic rings. The Morgan fingerprint density at radius 2 is 1.62 bits per heavy atom. The third kappa shape index (κ3) is 3.98. The highest BCUT2D eigenvalue weighted by Crippen LogP contribution is 2.60. The van der Waals surface area contributed by atoms with Crippen LogP contribution >= 0.6 is 0 Å². The lowest BCUT2D eigenvalue weighted by atomic mass is 9.51. The Morgan fingerprint density at radius 1 is 0.920 bits per heavy atom. The van der Waals surface area contributed by atoms with Crippen LogP contribution in [-0.4, -0.2) is 68.3 Å². The minimum Gasteiger partial charge on any atom is -0.508 e. The third-order valence-electron chi connectivity index (χ3n) is 10.8. The van der Waals surface area contributed by atoms with Crippen LogP contribution in [0.4, 0.5) is 0 Å². The highest BCUT2D eigenvalue weighted by atomic mass is 16.7. The highest BCUT2D eigenvalue weighted by molar-refractivity contribution is 6.23. The normalized spacial score (nSPS) is 27.8. The van der Waals surface area contributed by atoms with Gasteiger partial charge in [-0.05, 0) is 52.8 Å². The van der Waals surface area contributed by atoms with E-state index in [9.17, 15) is 39.9 Å². The number of benzene rings is 3. The van der Waals surface area contributed by atoms with Gasteiger partial charge in [0.1, 0.15) is 22.8 Å². The van der Waals surface area contributed by atoms with Gasteiger partial charge in [0.15, 0.2) is 34.4 Å². The van der Waals surface area contributed by atoms with E-state index in [0.717, 1.165) is 0 Å². The first-order valence-corrected chi connectivity index (χ1v) is 16.1. The summed E-state index contributed by atoms with van der Waals surface area (Å²) in [7, 11) is 0. The van der Waals surface area contributed by atoms with Crippen LogP contribution in [0.2, 0.25) is 0 Å². The van der Waals surface area contributed by atoms with Crippen molar-refractivity contribution < 1.29 is 58.9 Å². The van der Waals surface area contributed by atoms with Crippen LogP contribution in [0.3, 0.4) is 0 Å². The van der Waals surface area contributed by atoms with Crippen LogP contribution in [-0.2, 0) is 14.4 Å². The second kappa shape index (κ2) is 10.7. The van der Waals surface area contributed by atoms with E-state index in [0.29, 0.717) is 45.3 Å². The van der Waals surface area contributed by atoms with Crippen molar-refractivity contribution in [2.24, 2.45) is 29.4 Å². The Hall–Kier alpha value is -5.53. The van der Waals surface area contributed by atoms with Gasteiger partial charge in [-0.1, -0.05) is 39.0 Å². The summed E-state index contributed by atoms with van der Waals surface area (Å²) in [5.74, 6) is -9.82. The number of rotatable bonds is 4. The molecule has 2 heterocycles. The summed E-state index contributed by atoms with van der Waals surface area (Å²) in [5, 5.41) is 59.8. The van der Waals surface area contributed by atoms with Gasteiger partial charge in [0.05, 0.1) is 11.7 Å². The summed E-state index contributed by atoms with van der Waals surface area (Å²) < 4.78 is 22.5. The number of Topliss-reactive ketones (excluding diaryl/α,β-unsaturated/α-hetero) is 2. The molecule has 50 heavy (non-hydrogen) atoms. The Kier molecular flexibility index (Phi) is 6.81. The van der Waals surface area contributed by atoms with E-state index < -0.39 is 87.2 Å². The van der Waals surface area contributed by atoms with E-state index in [2.05, 4.69) is 0 Å². The van der Waals surface area contributed by atoms with Crippen molar-refractivity contribution in [1.29, 1.82) is 0 Å². The number of aliphatic hydroxyl groups is 4. The van der Waals surface area contributed by atoms with E-state index in [1.165, 1.54) is 0 Å². The number of aliphatic hydroxyl groups excluding tert-OH is 3. The standard InChI is InChI=1S/C37H33NO12/c1-13(2)22-28-32(42)24-14(3)23-17(15-7-8-19-21(9-15)49-11-47-19)10-18(16-5-4-6-20-33(16)50-12-48-20)29(39)25(23)31(41)26(24)34(43)37(28,46)35(44)27(30(22)40)36(38)45/h4-10,13-14,22,24,28,32,39,41-42,44,46H,11-12H2,1-3H3,(H2,38,45)/t14-,22-,24+,28+,32-,37-/m0/s1. The van der Waals surface area contributed by atoms with Crippen LogP contribution < -0.4 is 24.7 Å². The van der Waals surface area contributed by atoms with Gasteiger partial charge in [0.2, 0.25) is 19.4 Å². The van der Waals surface area contributed by atoms with Crippen molar-refractivity contribution in [2.75, 3.05) is 13.6 Å². The number of amides is 1. The Balaban J connectivity index is 1.43. The molecular weight excluding hydrogens is 650 g/mol. The second-order valence-electron chi connectivity index (χ2n) is 13.6. The minimum absolute atomic E-state index is 0.0175. The van der Waals surface area contributed by atoms with E-state index >= 15 is 0 Å². The maximum Gasteiger partial charge on any atom is 0.255 e. The number of hydrogen-bond donors (Lipinski definition) is 6. The lowest BCUT2D eigenvalue weighted by Crippen LogP contribution is -2.67. The van der Waals surface area contributed by atoms with Gasteiger partial charge in [-0.15, -0.1) is 0 Å². The smallest absolute Gasteiger partial charge is 0.255 e. The van der Waals surface area contributed by atoms with E-state index in [-0.39, 0.29) is 24.7 Å². The number of nitrogens with two attached hydrogens (primary N) is 1. The molecule has 7 N–H and O–H groups in total. The van der Waals surface area contributed by atoms with Crippen LogP contribution in [0, 0.1) is 23.7 Å². The molecule has 1 amide bonds. The van der Waals surface area contributed by atoms with Crippen molar-refractivity contribution in [1.82, 2.24) is 0 Å². The highest BCUT2D eigenvalue weighted by Gasteiger charge is 2.68. The summed E-state index contributed by atoms with van der Waals surface area (Å²) in [4.78, 5) is 40.6. The lowest BCUT2D eigenvalue weighted by Gasteiger charge is -2.53. The summed E-state index contributed by atoms with van der Waals surface area (Å²) in [6.45, 7) is 4.90. The quantitative estimate of drug-likeness (QED) is 0.218. The van der Waals surface area contributed by atoms with Gasteiger partial charge in [0.25, 0.3) is 5.91 Å². The molecular formula is C37H33NO12. The van der Waals surface area contributed by atoms with Crippen molar-refractivity contribution in [2.45, 2.75) is 38.4 Å². The Bertz CT molecular complexity index is 2130. The van der Waals surface area contributed by atoms with Crippen molar-refractivity contribution >= 4 is 23.2 Å². The molecule has 0 aromatic heterocycles. The number of fused-ring (bicyclic) bond motifs is 5. The van der Waals surface area contributed by atoms with Crippen LogP contribution in [0.25, 0.3) is 28.0 Å². The van der Waals surface area contributed by atoms with Crippen molar-refractivity contribution in [3.63, 3.8) is 0 Å². The molecule has 1 saturated carbocycles. The largest absolute Gasteiger partial charge is 0.508 e. The number of primary amides is 1. The first kappa shape index (κ1) is 31.7. The van der Waals surface area contributed by atoms with E-state index in [1.54, 1.807) is 63.2 Å². The van der Waals surface area contributed by atoms with E-state index in [4.69, 9.17) is 24.7 Å². The zero-order valence-corrected chi connectivity index (χ0v) is 27.1. The molecule has 0 bridgehead atoms. The summed E-state index contributed by atoms with van der Waals surface area (Å²) >= 11 is 0. The number of ketones is 2. The summed E-state index contributed by atoms with van der Waals surface area (Å²) in [6, 6.07) is 12.0. The molecule has 6 atom stereocenters. The molecule has 1 fully saturated rings. The first-order valence-electron chi connectivity index (χ1n) is 16.1. The van der Waals surface area contributed by atoms with Gasteiger partial charge in [-0.3, -0.25) is 14.4 Å². The number of hydrogen-bond acceptors (Lipinski definition) is 12. The second-order valence-corrected chi connectivity index (χ2v) is 13.6. The number of carbonyl (C=O) groups excluding carboxylic acids is 3. The molecule has 5 aliphatic rings. The number of phenolic OH excluding ortho intramolecular Hbond substituents is 1. The first-order chi connectivity index (χ1) is 23.8. The van der Waals surface area contributed by atoms with Gasteiger partial charge >= 0.3 is 0 Å². The molecule has 13 nitrogen and oxygen atoms in total. The predicted octanol–water partition coefficient (Wildman–Crippen LogP) is 3.63. The summed E-state index contributed by atoms with van der Waals surface area (Å²) in [6.07, 6.45) is -1.71. The SMILES string of the molecule is CC(C)[C@@H]1C(=O)C(C(N)=O)=C(O)[C@@]2(O)C(=O)C3=C(O)c4c(O)c(-c5cccc6c5OCO6)cc(-c5ccc6c(c5)OCO6)c4[C@H](C)[C@H]3[C@H](O)[C@@H]12. The molecule has 0 saturated heterocycles. The Labute approximate surface area is 284 Å². The van der Waals surface area contributed by atoms with Gasteiger partial charge < -0.3 is 50.2 Å². The molecule has 0 spiro atoms. The fourth-order valence-corrected chi connectivity index (χ4v) is 8.66. The molecule has 0 radical (unpaired) electrons. The van der Waals surface area contributed by atoms with Crippen LogP contribution in [0.15, 0.2) is 59.4 Å². The molecule has 13 heteroatoms. The lowest BCUT2D eigenvalue weighted by molar-refractivity contribution is -0.171. The fourth-order valence-electron chi connectivity index (χ4n) is 8.66. The zero-order chi connectivity index (χ0) is 35.5. The van der Waals surface area contributed by atoms with Gasteiger partial charge in [0, 0.05) is 34.5 Å². The van der Waals surface area contributed by atoms with Crippen LogP contribution in [0.5, 0.6) is 28.7 Å². The number of phenols is 1. The van der Waals surface area contributed by atoms with Gasteiger partial charge in [-0.25, -0.2) is 0 Å². The fraction of sp³-hybridized carbons (Fsp3) is 0.324. The molecule has 3 aromatic carbocycles.